The Morgan fingerprint density at radius 3 is 2.59 bits per heavy atom. The van der Waals surface area contributed by atoms with E-state index < -0.39 is 85.1 Å². The number of sulfonamides is 1. The van der Waals surface area contributed by atoms with Gasteiger partial charge >= 0.3 is 6.18 Å². The van der Waals surface area contributed by atoms with Crippen LogP contribution in [0.15, 0.2) is 24.7 Å². The molecule has 3 aromatic rings. The lowest BCUT2D eigenvalue weighted by Crippen LogP contribution is -2.43. The van der Waals surface area contributed by atoms with Gasteiger partial charge in [-0.1, -0.05) is 0 Å². The molecule has 1 unspecified atom stereocenters. The molecule has 13 nitrogen and oxygen atoms in total. The Morgan fingerprint density at radius 2 is 1.95 bits per heavy atom. The lowest BCUT2D eigenvalue weighted by atomic mass is 10.1. The summed E-state index contributed by atoms with van der Waals surface area (Å²) < 4.78 is 112. The number of anilines is 1. The fraction of sp³-hybridized carbons (Fsp3) is 0.455. The first-order valence-electron chi connectivity index (χ1n) is 12.0. The Labute approximate surface area is 230 Å². The van der Waals surface area contributed by atoms with Gasteiger partial charge < -0.3 is 15.8 Å². The third-order valence-corrected chi connectivity index (χ3v) is 11.2. The predicted molar refractivity (Wildman–Crippen MR) is 136 cm³/mol. The molecule has 2 fully saturated rings. The van der Waals surface area contributed by atoms with Crippen molar-refractivity contribution in [3.8, 4) is 17.1 Å². The minimum atomic E-state index is -4.81. The molecule has 2 aliphatic heterocycles. The fourth-order valence-corrected chi connectivity index (χ4v) is 9.49. The lowest BCUT2D eigenvalue weighted by molar-refractivity contribution is -0.136. The van der Waals surface area contributed by atoms with E-state index in [0.29, 0.717) is 0 Å². The average molecular weight is 622 g/mol. The summed E-state index contributed by atoms with van der Waals surface area (Å²) in [5.41, 5.74) is 3.68. The van der Waals surface area contributed by atoms with Crippen molar-refractivity contribution in [1.82, 2.24) is 29.2 Å². The maximum absolute atomic E-state index is 14.9. The molecule has 5 rings (SSSR count). The van der Waals surface area contributed by atoms with Crippen LogP contribution in [0.3, 0.4) is 0 Å². The lowest BCUT2D eigenvalue weighted by Gasteiger charge is -2.20. The SMILES string of the molecule is COc1ncc(-c2cc(C(F)(F)F)c3c(N)ncnn23)cc1C(=O)N[C@@H]1CN(S(=O)(=O)C2CCS(=O)(=O)C2)C[C@@H]1F. The molecule has 3 N–H and O–H groups in total. The van der Waals surface area contributed by atoms with Crippen LogP contribution in [0.4, 0.5) is 23.4 Å². The first-order chi connectivity index (χ1) is 19.1. The van der Waals surface area contributed by atoms with E-state index >= 15 is 0 Å². The summed E-state index contributed by atoms with van der Waals surface area (Å²) >= 11 is 0. The van der Waals surface area contributed by atoms with Gasteiger partial charge in [-0.15, -0.1) is 0 Å². The van der Waals surface area contributed by atoms with Crippen LogP contribution >= 0.6 is 0 Å². The monoisotopic (exact) mass is 621 g/mol. The van der Waals surface area contributed by atoms with Gasteiger partial charge in [0.2, 0.25) is 15.9 Å². The number of pyridine rings is 1. The first kappa shape index (κ1) is 28.9. The summed E-state index contributed by atoms with van der Waals surface area (Å²) in [5, 5.41) is 5.04. The standard InChI is InChI=1S/C22H23F4N7O6S2/c1-39-21-13(4-11(6-28-21)17-5-14(22(24,25)26)18-19(27)29-10-30-33(17)18)20(34)31-16-8-32(7-15(16)23)41(37,38)12-2-3-40(35,36)9-12/h4-6,10,12,15-16H,2-3,7-9H2,1H3,(H,31,34)(H2,27,29,30)/t12?,15-,16+/m0/s1. The number of nitrogen functional groups attached to an aromatic ring is 1. The zero-order valence-electron chi connectivity index (χ0n) is 21.2. The van der Waals surface area contributed by atoms with Gasteiger partial charge in [0.25, 0.3) is 5.91 Å². The summed E-state index contributed by atoms with van der Waals surface area (Å²) in [7, 11) is -6.48. The minimum absolute atomic E-state index is 0.00872. The van der Waals surface area contributed by atoms with Crippen molar-refractivity contribution in [1.29, 1.82) is 0 Å². The Balaban J connectivity index is 1.43. The molecule has 3 atom stereocenters. The highest BCUT2D eigenvalue weighted by Crippen LogP contribution is 2.39. The molecule has 5 heterocycles. The van der Waals surface area contributed by atoms with Crippen LogP contribution in [0.1, 0.15) is 22.3 Å². The van der Waals surface area contributed by atoms with Crippen LogP contribution in [0.2, 0.25) is 0 Å². The summed E-state index contributed by atoms with van der Waals surface area (Å²) in [6, 6.07) is 0.634. The van der Waals surface area contributed by atoms with E-state index in [4.69, 9.17) is 10.5 Å². The zero-order chi connectivity index (χ0) is 29.9. The number of nitrogens with two attached hydrogens (primary N) is 1. The van der Waals surface area contributed by atoms with Gasteiger partial charge in [-0.25, -0.2) is 35.7 Å². The number of methoxy groups -OCH3 is 1. The number of hydrogen-bond acceptors (Lipinski definition) is 10. The molecular formula is C22H23F4N7O6S2. The van der Waals surface area contributed by atoms with Crippen molar-refractivity contribution in [2.75, 3.05) is 37.4 Å². The van der Waals surface area contributed by atoms with Gasteiger partial charge in [0.05, 0.1) is 41.2 Å². The Morgan fingerprint density at radius 1 is 1.22 bits per heavy atom. The van der Waals surface area contributed by atoms with Crippen molar-refractivity contribution >= 4 is 37.1 Å². The van der Waals surface area contributed by atoms with Crippen LogP contribution in [0.25, 0.3) is 16.8 Å². The molecule has 41 heavy (non-hydrogen) atoms. The van der Waals surface area contributed by atoms with Crippen LogP contribution in [0, 0.1) is 0 Å². The second-order valence-electron chi connectivity index (χ2n) is 9.61. The predicted octanol–water partition coefficient (Wildman–Crippen LogP) is 0.670. The number of sulfone groups is 1. The van der Waals surface area contributed by atoms with Crippen molar-refractivity contribution in [2.24, 2.45) is 0 Å². The number of carbonyl (C=O) groups excluding carboxylic acids is 1. The number of ether oxygens (including phenoxy) is 1. The highest BCUT2D eigenvalue weighted by atomic mass is 32.2. The number of nitrogens with one attached hydrogen (secondary N) is 1. The molecule has 0 aliphatic carbocycles. The number of aromatic nitrogens is 4. The smallest absolute Gasteiger partial charge is 0.418 e. The van der Waals surface area contributed by atoms with E-state index in [-0.39, 0.29) is 34.9 Å². The number of amides is 1. The molecule has 2 aliphatic rings. The van der Waals surface area contributed by atoms with Gasteiger partial charge in [-0.2, -0.15) is 22.6 Å². The molecule has 3 aromatic heterocycles. The molecule has 0 spiro atoms. The molecule has 19 heteroatoms. The maximum Gasteiger partial charge on any atom is 0.418 e. The van der Waals surface area contributed by atoms with Crippen LogP contribution in [-0.2, 0) is 26.0 Å². The Kier molecular flexibility index (Phi) is 7.09. The number of hydrogen-bond donors (Lipinski definition) is 2. The average Bonchev–Trinajstić information content (AvgIpc) is 3.59. The fourth-order valence-electron chi connectivity index (χ4n) is 4.93. The molecule has 0 radical (unpaired) electrons. The van der Waals surface area contributed by atoms with Gasteiger partial charge in [-0.05, 0) is 18.6 Å². The number of fused-ring (bicyclic) bond motifs is 1. The molecule has 2 saturated heterocycles. The quantitative estimate of drug-likeness (QED) is 0.372. The Hall–Kier alpha value is -3.58. The number of rotatable bonds is 6. The number of carbonyl (C=O) groups is 1. The Bertz CT molecular complexity index is 1750. The topological polar surface area (TPSA) is 179 Å². The molecule has 222 valence electrons. The largest absolute Gasteiger partial charge is 0.480 e. The van der Waals surface area contributed by atoms with Gasteiger partial charge in [0.15, 0.2) is 15.7 Å². The highest BCUT2D eigenvalue weighted by molar-refractivity contribution is 7.95. The van der Waals surface area contributed by atoms with Crippen molar-refractivity contribution in [3.63, 3.8) is 0 Å². The molecule has 0 saturated carbocycles. The third-order valence-electron chi connectivity index (χ3n) is 6.98. The molecule has 1 amide bonds. The summed E-state index contributed by atoms with van der Waals surface area (Å²) in [5.74, 6) is -2.43. The summed E-state index contributed by atoms with van der Waals surface area (Å²) in [6.45, 7) is -1.04. The summed E-state index contributed by atoms with van der Waals surface area (Å²) in [6.07, 6.45) is -4.63. The van der Waals surface area contributed by atoms with Crippen LogP contribution < -0.4 is 15.8 Å². The molecule has 0 aromatic carbocycles. The zero-order valence-corrected chi connectivity index (χ0v) is 22.8. The number of nitrogens with zero attached hydrogens (tertiary/aromatic N) is 5. The minimum Gasteiger partial charge on any atom is -0.480 e. The van der Waals surface area contributed by atoms with Crippen molar-refractivity contribution in [3.05, 3.63) is 35.8 Å². The molecule has 0 bridgehead atoms. The van der Waals surface area contributed by atoms with Crippen molar-refractivity contribution < 1.29 is 43.9 Å². The second kappa shape index (κ2) is 10.1. The van der Waals surface area contributed by atoms with Gasteiger partial charge in [-0.3, -0.25) is 4.79 Å². The highest BCUT2D eigenvalue weighted by Gasteiger charge is 2.46. The van der Waals surface area contributed by atoms with Crippen LogP contribution in [-0.4, -0.2) is 95.8 Å². The normalized spacial score (nSPS) is 23.2. The molecular weight excluding hydrogens is 598 g/mol. The van der Waals surface area contributed by atoms with E-state index in [1.165, 1.54) is 13.2 Å². The van der Waals surface area contributed by atoms with Gasteiger partial charge in [0, 0.05) is 24.8 Å². The maximum atomic E-state index is 14.9. The number of alkyl halides is 4. The van der Waals surface area contributed by atoms with Crippen molar-refractivity contribution in [2.45, 2.75) is 30.1 Å². The van der Waals surface area contributed by atoms with E-state index in [0.717, 1.165) is 27.4 Å². The van der Waals surface area contributed by atoms with Crippen LogP contribution in [0.5, 0.6) is 5.88 Å². The second-order valence-corrected chi connectivity index (χ2v) is 14.1. The van der Waals surface area contributed by atoms with E-state index in [1.54, 1.807) is 0 Å². The third kappa shape index (κ3) is 5.28. The van der Waals surface area contributed by atoms with E-state index in [1.807, 2.05) is 0 Å². The first-order valence-corrected chi connectivity index (χ1v) is 15.3. The number of halogens is 4. The summed E-state index contributed by atoms with van der Waals surface area (Å²) in [4.78, 5) is 20.8. The van der Waals surface area contributed by atoms with Gasteiger partial charge in [0.1, 0.15) is 23.6 Å². The van der Waals surface area contributed by atoms with E-state index in [2.05, 4.69) is 20.4 Å². The van der Waals surface area contributed by atoms with E-state index in [9.17, 15) is 39.2 Å².